The largest absolute Gasteiger partial charge is 0.394 e. The van der Waals surface area contributed by atoms with E-state index in [1.54, 1.807) is 6.08 Å². The van der Waals surface area contributed by atoms with Crippen molar-refractivity contribution >= 4 is 5.91 Å². The van der Waals surface area contributed by atoms with Crippen molar-refractivity contribution in [2.45, 2.75) is 249 Å². The lowest BCUT2D eigenvalue weighted by atomic mass is 9.99. The molecule has 0 spiro atoms. The van der Waals surface area contributed by atoms with Gasteiger partial charge in [0.25, 0.3) is 0 Å². The van der Waals surface area contributed by atoms with Gasteiger partial charge in [-0.1, -0.05) is 193 Å². The van der Waals surface area contributed by atoms with E-state index in [2.05, 4.69) is 19.2 Å². The number of ether oxygens (including phenoxy) is 2. The average Bonchev–Trinajstić information content (AvgIpc) is 3.16. The Labute approximate surface area is 325 Å². The summed E-state index contributed by atoms with van der Waals surface area (Å²) in [4.78, 5) is 12.9. The molecule has 0 aromatic rings. The maximum Gasteiger partial charge on any atom is 0.220 e. The summed E-state index contributed by atoms with van der Waals surface area (Å²) in [6, 6.07) is -0.796. The van der Waals surface area contributed by atoms with E-state index in [4.69, 9.17) is 9.47 Å². The monoisotopic (exact) mass is 756 g/mol. The highest BCUT2D eigenvalue weighted by Gasteiger charge is 2.44. The fourth-order valence-corrected chi connectivity index (χ4v) is 7.21. The Kier molecular flexibility index (Phi) is 33.3. The Bertz CT molecular complexity index is 842. The van der Waals surface area contributed by atoms with Gasteiger partial charge < -0.3 is 40.3 Å². The summed E-state index contributed by atoms with van der Waals surface area (Å²) in [5.41, 5.74) is 0. The van der Waals surface area contributed by atoms with Crippen molar-refractivity contribution in [1.29, 1.82) is 0 Å². The van der Waals surface area contributed by atoms with Gasteiger partial charge in [-0.15, -0.1) is 0 Å². The highest BCUT2D eigenvalue weighted by molar-refractivity contribution is 5.76. The highest BCUT2D eigenvalue weighted by Crippen LogP contribution is 2.23. The maximum atomic E-state index is 12.9. The molecule has 0 bridgehead atoms. The zero-order valence-electron chi connectivity index (χ0n) is 34.3. The molecule has 0 saturated carbocycles. The lowest BCUT2D eigenvalue weighted by Gasteiger charge is -2.40. The summed E-state index contributed by atoms with van der Waals surface area (Å²) in [5.74, 6) is -0.176. The van der Waals surface area contributed by atoms with Gasteiger partial charge >= 0.3 is 0 Å². The van der Waals surface area contributed by atoms with Crippen LogP contribution < -0.4 is 5.32 Å². The number of amides is 1. The quantitative estimate of drug-likeness (QED) is 0.0272. The fourth-order valence-electron chi connectivity index (χ4n) is 7.21. The van der Waals surface area contributed by atoms with Crippen LogP contribution in [-0.2, 0) is 14.3 Å². The zero-order valence-corrected chi connectivity index (χ0v) is 34.3. The van der Waals surface area contributed by atoms with E-state index >= 15 is 0 Å². The van der Waals surface area contributed by atoms with Gasteiger partial charge in [0.1, 0.15) is 24.4 Å². The standard InChI is InChI=1S/C44H85NO8/c1-3-5-7-9-11-13-15-16-17-18-19-20-21-22-23-24-26-28-30-32-34-40(48)45-37(36-52-44-43(51)42(50)41(49)39(35-46)53-44)38(47)33-31-29-27-25-14-12-10-8-6-4-2/h31,33,37-39,41-44,46-47,49-51H,3-30,32,34-36H2,1-2H3,(H,45,48)/b33-31+/t37-,38+,39+,41+,42?,43?,44+/m0/s1. The molecule has 1 aliphatic rings. The Morgan fingerprint density at radius 3 is 1.47 bits per heavy atom. The minimum absolute atomic E-state index is 0.176. The van der Waals surface area contributed by atoms with Crippen molar-refractivity contribution in [3.05, 3.63) is 12.2 Å². The second kappa shape index (κ2) is 35.4. The second-order valence-electron chi connectivity index (χ2n) is 15.9. The highest BCUT2D eigenvalue weighted by atomic mass is 16.7. The van der Waals surface area contributed by atoms with Crippen molar-refractivity contribution in [2.75, 3.05) is 13.2 Å². The molecule has 1 rings (SSSR count). The van der Waals surface area contributed by atoms with Gasteiger partial charge in [-0.2, -0.15) is 0 Å². The number of unbranched alkanes of at least 4 members (excludes halogenated alkanes) is 27. The van der Waals surface area contributed by atoms with Crippen LogP contribution in [0.4, 0.5) is 0 Å². The number of hydrogen-bond acceptors (Lipinski definition) is 8. The number of carbonyl (C=O) groups is 1. The van der Waals surface area contributed by atoms with Crippen LogP contribution in [0, 0.1) is 0 Å². The molecule has 0 radical (unpaired) electrons. The van der Waals surface area contributed by atoms with Crippen LogP contribution in [0.3, 0.4) is 0 Å². The summed E-state index contributed by atoms with van der Waals surface area (Å²) < 4.78 is 11.2. The summed E-state index contributed by atoms with van der Waals surface area (Å²) in [7, 11) is 0. The third kappa shape index (κ3) is 26.4. The Morgan fingerprint density at radius 1 is 0.623 bits per heavy atom. The Hall–Kier alpha value is -1.07. The molecule has 0 aliphatic carbocycles. The molecule has 1 saturated heterocycles. The molecule has 1 fully saturated rings. The van der Waals surface area contributed by atoms with Gasteiger partial charge in [0.15, 0.2) is 6.29 Å². The number of hydrogen-bond donors (Lipinski definition) is 6. The third-order valence-electron chi connectivity index (χ3n) is 10.9. The summed E-state index contributed by atoms with van der Waals surface area (Å²) in [6.07, 6.45) is 32.6. The first-order chi connectivity index (χ1) is 25.8. The molecule has 7 atom stereocenters. The van der Waals surface area contributed by atoms with Crippen LogP contribution in [-0.4, -0.2) is 87.5 Å². The first kappa shape index (κ1) is 49.9. The maximum absolute atomic E-state index is 12.9. The topological polar surface area (TPSA) is 149 Å². The van der Waals surface area contributed by atoms with E-state index < -0.39 is 49.5 Å². The molecule has 53 heavy (non-hydrogen) atoms. The third-order valence-corrected chi connectivity index (χ3v) is 10.9. The van der Waals surface area contributed by atoms with Gasteiger partial charge in [-0.25, -0.2) is 0 Å². The molecule has 0 aromatic heterocycles. The van der Waals surface area contributed by atoms with Crippen LogP contribution in [0.25, 0.3) is 0 Å². The Balaban J connectivity index is 2.29. The summed E-state index contributed by atoms with van der Waals surface area (Å²) in [5, 5.41) is 54.0. The lowest BCUT2D eigenvalue weighted by molar-refractivity contribution is -0.302. The van der Waals surface area contributed by atoms with Crippen molar-refractivity contribution in [1.82, 2.24) is 5.32 Å². The molecule has 1 amide bonds. The van der Waals surface area contributed by atoms with Crippen molar-refractivity contribution in [3.63, 3.8) is 0 Å². The average molecular weight is 756 g/mol. The normalized spacial score (nSPS) is 21.7. The van der Waals surface area contributed by atoms with E-state index in [0.717, 1.165) is 38.5 Å². The molecular weight excluding hydrogens is 670 g/mol. The number of aliphatic hydroxyl groups excluding tert-OH is 5. The minimum Gasteiger partial charge on any atom is -0.394 e. The van der Waals surface area contributed by atoms with Crippen LogP contribution in [0.1, 0.15) is 206 Å². The fraction of sp³-hybridized carbons (Fsp3) is 0.932. The predicted molar refractivity (Wildman–Crippen MR) is 217 cm³/mol. The number of carbonyl (C=O) groups excluding carboxylic acids is 1. The predicted octanol–water partition coefficient (Wildman–Crippen LogP) is 8.95. The van der Waals surface area contributed by atoms with E-state index in [9.17, 15) is 30.3 Å². The van der Waals surface area contributed by atoms with Gasteiger partial charge in [-0.05, 0) is 19.3 Å². The van der Waals surface area contributed by atoms with Gasteiger partial charge in [-0.3, -0.25) is 4.79 Å². The van der Waals surface area contributed by atoms with E-state index in [1.165, 1.54) is 148 Å². The van der Waals surface area contributed by atoms with Crippen LogP contribution in [0.2, 0.25) is 0 Å². The zero-order chi connectivity index (χ0) is 38.8. The molecule has 1 aliphatic heterocycles. The van der Waals surface area contributed by atoms with E-state index in [0.29, 0.717) is 6.42 Å². The van der Waals surface area contributed by atoms with Gasteiger partial charge in [0.05, 0.1) is 25.4 Å². The van der Waals surface area contributed by atoms with Crippen LogP contribution >= 0.6 is 0 Å². The van der Waals surface area contributed by atoms with Crippen molar-refractivity contribution in [2.24, 2.45) is 0 Å². The Morgan fingerprint density at radius 2 is 1.04 bits per heavy atom. The summed E-state index contributed by atoms with van der Waals surface area (Å²) in [6.45, 7) is 3.76. The molecule has 314 valence electrons. The first-order valence-corrected chi connectivity index (χ1v) is 22.4. The number of allylic oxidation sites excluding steroid dienone is 1. The van der Waals surface area contributed by atoms with Crippen LogP contribution in [0.15, 0.2) is 12.2 Å². The lowest BCUT2D eigenvalue weighted by Crippen LogP contribution is -2.60. The molecular formula is C44H85NO8. The van der Waals surface area contributed by atoms with E-state index in [1.807, 2.05) is 6.08 Å². The smallest absolute Gasteiger partial charge is 0.220 e. The van der Waals surface area contributed by atoms with Gasteiger partial charge in [0, 0.05) is 6.42 Å². The SMILES string of the molecule is CCCCCCCCCC/C=C/[C@@H](O)[C@H](CO[C@@H]1O[C@H](CO)[C@@H](O)C(O)C1O)NC(=O)CCCCCCCCCCCCCCCCCCCCCC. The molecule has 6 N–H and O–H groups in total. The summed E-state index contributed by atoms with van der Waals surface area (Å²) >= 11 is 0. The molecule has 9 heteroatoms. The minimum atomic E-state index is -1.56. The number of nitrogens with one attached hydrogen (secondary N) is 1. The van der Waals surface area contributed by atoms with Crippen molar-refractivity contribution < 1.29 is 39.8 Å². The molecule has 0 aromatic carbocycles. The molecule has 2 unspecified atom stereocenters. The first-order valence-electron chi connectivity index (χ1n) is 22.4. The van der Waals surface area contributed by atoms with Crippen LogP contribution in [0.5, 0.6) is 0 Å². The second-order valence-corrected chi connectivity index (χ2v) is 15.9. The number of rotatable bonds is 37. The van der Waals surface area contributed by atoms with E-state index in [-0.39, 0.29) is 12.5 Å². The van der Waals surface area contributed by atoms with Crippen molar-refractivity contribution in [3.8, 4) is 0 Å². The van der Waals surface area contributed by atoms with Gasteiger partial charge in [0.2, 0.25) is 5.91 Å². The number of aliphatic hydroxyl groups is 5. The molecule has 9 nitrogen and oxygen atoms in total. The molecule has 1 heterocycles.